The maximum atomic E-state index is 13.8. The fourth-order valence-corrected chi connectivity index (χ4v) is 6.86. The van der Waals surface area contributed by atoms with Crippen LogP contribution in [0.25, 0.3) is 0 Å². The number of para-hydroxylation sites is 1. The van der Waals surface area contributed by atoms with Crippen LogP contribution in [0.2, 0.25) is 0 Å². The Hall–Kier alpha value is -4.14. The number of nitrogens with zero attached hydrogens (tertiary/aromatic N) is 2. The fourth-order valence-electron chi connectivity index (χ4n) is 5.32. The molecule has 0 radical (unpaired) electrons. The molecule has 1 saturated heterocycles. The van der Waals surface area contributed by atoms with E-state index in [9.17, 15) is 39.6 Å². The first-order chi connectivity index (χ1) is 20.6. The SMILES string of the molecule is COc1cccc(C(F)(F)F)c1N1CC(c2ccc3c(c2)N(S(=O)(=O)c2cccc(C(F)(F)F)c2)C[C@H](CCC(=O)O)O3)C1. The van der Waals surface area contributed by atoms with E-state index in [-0.39, 0.29) is 61.3 Å². The van der Waals surface area contributed by atoms with Crippen molar-refractivity contribution in [2.24, 2.45) is 0 Å². The minimum atomic E-state index is -4.80. The van der Waals surface area contributed by atoms with Gasteiger partial charge in [-0.3, -0.25) is 9.10 Å². The maximum Gasteiger partial charge on any atom is 0.418 e. The second kappa shape index (κ2) is 11.4. The third-order valence-corrected chi connectivity index (χ3v) is 9.31. The van der Waals surface area contributed by atoms with Gasteiger partial charge in [0.1, 0.15) is 17.6 Å². The number of hydrogen-bond donors (Lipinski definition) is 1. The molecule has 8 nitrogen and oxygen atoms in total. The van der Waals surface area contributed by atoms with Crippen LogP contribution in [-0.2, 0) is 27.2 Å². The number of carbonyl (C=O) groups is 1. The molecule has 2 heterocycles. The molecule has 1 atom stereocenters. The highest BCUT2D eigenvalue weighted by atomic mass is 32.2. The topological polar surface area (TPSA) is 96.4 Å². The number of sulfonamides is 1. The molecule has 236 valence electrons. The van der Waals surface area contributed by atoms with E-state index in [0.29, 0.717) is 11.6 Å². The number of carboxylic acid groups (broad SMARTS) is 1. The molecule has 1 fully saturated rings. The Balaban J connectivity index is 1.48. The van der Waals surface area contributed by atoms with Crippen molar-refractivity contribution in [3.63, 3.8) is 0 Å². The number of alkyl halides is 6. The van der Waals surface area contributed by atoms with Gasteiger partial charge in [-0.15, -0.1) is 0 Å². The van der Waals surface area contributed by atoms with Crippen molar-refractivity contribution in [2.45, 2.75) is 42.1 Å². The minimum absolute atomic E-state index is 0.0261. The molecular formula is C29H26F6N2O6S. The molecule has 2 aliphatic rings. The molecular weight excluding hydrogens is 618 g/mol. The molecule has 0 amide bonds. The van der Waals surface area contributed by atoms with Gasteiger partial charge < -0.3 is 19.5 Å². The first-order valence-corrected chi connectivity index (χ1v) is 14.7. The van der Waals surface area contributed by atoms with Gasteiger partial charge in [0.2, 0.25) is 0 Å². The summed E-state index contributed by atoms with van der Waals surface area (Å²) in [6.45, 7) is -0.0787. The first kappa shape index (κ1) is 31.3. The molecule has 44 heavy (non-hydrogen) atoms. The largest absolute Gasteiger partial charge is 0.495 e. The van der Waals surface area contributed by atoms with Gasteiger partial charge in [0.15, 0.2) is 0 Å². The van der Waals surface area contributed by atoms with Crippen LogP contribution in [0.1, 0.15) is 35.4 Å². The summed E-state index contributed by atoms with van der Waals surface area (Å²) < 4.78 is 121. The Kier molecular flexibility index (Phi) is 8.12. The lowest BCUT2D eigenvalue weighted by molar-refractivity contribution is -0.138. The Labute approximate surface area is 248 Å². The second-order valence-electron chi connectivity index (χ2n) is 10.4. The van der Waals surface area contributed by atoms with Crippen molar-refractivity contribution < 1.29 is 54.1 Å². The highest BCUT2D eigenvalue weighted by molar-refractivity contribution is 7.92. The number of fused-ring (bicyclic) bond motifs is 1. The summed E-state index contributed by atoms with van der Waals surface area (Å²) in [4.78, 5) is 12.0. The fraction of sp³-hybridized carbons (Fsp3) is 0.345. The zero-order chi connectivity index (χ0) is 32.0. The summed E-state index contributed by atoms with van der Waals surface area (Å²) in [7, 11) is -3.32. The van der Waals surface area contributed by atoms with Crippen LogP contribution in [0, 0.1) is 0 Å². The van der Waals surface area contributed by atoms with Gasteiger partial charge >= 0.3 is 18.3 Å². The second-order valence-corrected chi connectivity index (χ2v) is 12.3. The predicted molar refractivity (Wildman–Crippen MR) is 147 cm³/mol. The number of rotatable bonds is 8. The number of anilines is 2. The normalized spacial score (nSPS) is 17.5. The third kappa shape index (κ3) is 6.10. The molecule has 0 spiro atoms. The number of ether oxygens (including phenoxy) is 2. The van der Waals surface area contributed by atoms with Crippen LogP contribution in [0.3, 0.4) is 0 Å². The molecule has 5 rings (SSSR count). The van der Waals surface area contributed by atoms with E-state index in [1.807, 2.05) is 0 Å². The molecule has 3 aromatic rings. The van der Waals surface area contributed by atoms with E-state index in [0.717, 1.165) is 28.6 Å². The first-order valence-electron chi connectivity index (χ1n) is 13.3. The van der Waals surface area contributed by atoms with Crippen molar-refractivity contribution in [1.82, 2.24) is 0 Å². The van der Waals surface area contributed by atoms with Gasteiger partial charge in [-0.1, -0.05) is 18.2 Å². The third-order valence-electron chi connectivity index (χ3n) is 7.54. The lowest BCUT2D eigenvalue weighted by Crippen LogP contribution is -2.46. The summed E-state index contributed by atoms with van der Waals surface area (Å²) in [5.74, 6) is -1.34. The summed E-state index contributed by atoms with van der Waals surface area (Å²) in [5.41, 5.74) is -1.54. The van der Waals surface area contributed by atoms with E-state index < -0.39 is 50.5 Å². The number of benzene rings is 3. The molecule has 15 heteroatoms. The number of carboxylic acids is 1. The van der Waals surface area contributed by atoms with Crippen LogP contribution in [0.4, 0.5) is 37.7 Å². The Morgan fingerprint density at radius 1 is 0.977 bits per heavy atom. The summed E-state index contributed by atoms with van der Waals surface area (Å²) >= 11 is 0. The highest BCUT2D eigenvalue weighted by Gasteiger charge is 2.41. The smallest absolute Gasteiger partial charge is 0.418 e. The van der Waals surface area contributed by atoms with Crippen molar-refractivity contribution in [3.05, 3.63) is 77.4 Å². The van der Waals surface area contributed by atoms with E-state index in [2.05, 4.69) is 0 Å². The average Bonchev–Trinajstić information content (AvgIpc) is 2.94. The van der Waals surface area contributed by atoms with Crippen LogP contribution in [-0.4, -0.2) is 52.3 Å². The number of hydrogen-bond acceptors (Lipinski definition) is 6. The maximum absolute atomic E-state index is 13.8. The monoisotopic (exact) mass is 644 g/mol. The zero-order valence-corrected chi connectivity index (χ0v) is 23.8. The quantitative estimate of drug-likeness (QED) is 0.294. The van der Waals surface area contributed by atoms with Crippen LogP contribution >= 0.6 is 0 Å². The number of methoxy groups -OCH3 is 1. The van der Waals surface area contributed by atoms with Crippen LogP contribution < -0.4 is 18.7 Å². The molecule has 3 aromatic carbocycles. The lowest BCUT2D eigenvalue weighted by Gasteiger charge is -2.43. The van der Waals surface area contributed by atoms with E-state index in [1.54, 1.807) is 6.07 Å². The Morgan fingerprint density at radius 3 is 2.32 bits per heavy atom. The molecule has 0 unspecified atom stereocenters. The van der Waals surface area contributed by atoms with Gasteiger partial charge in [-0.25, -0.2) is 8.42 Å². The molecule has 0 aliphatic carbocycles. The summed E-state index contributed by atoms with van der Waals surface area (Å²) in [6.07, 6.45) is -10.7. The van der Waals surface area contributed by atoms with Crippen molar-refractivity contribution >= 4 is 27.4 Å². The molecule has 0 saturated carbocycles. The standard InChI is InChI=1S/C29H26F6N2O6S/c1-42-25-7-3-6-22(29(33,34)35)27(25)36-14-18(15-36)17-8-10-24-23(12-17)37(16-20(43-24)9-11-26(38)39)44(40,41)21-5-2-4-19(13-21)28(30,31)32/h2-8,10,12-13,18,20H,9,11,14-16H2,1H3,(H,38,39)/t20-/m0/s1. The molecule has 2 aliphatic heterocycles. The van der Waals surface area contributed by atoms with Crippen LogP contribution in [0.15, 0.2) is 65.6 Å². The zero-order valence-electron chi connectivity index (χ0n) is 23.0. The highest BCUT2D eigenvalue weighted by Crippen LogP contribution is 2.47. The Morgan fingerprint density at radius 2 is 1.68 bits per heavy atom. The predicted octanol–water partition coefficient (Wildman–Crippen LogP) is 6.16. The average molecular weight is 645 g/mol. The van der Waals surface area contributed by atoms with Crippen molar-refractivity contribution in [2.75, 3.05) is 35.9 Å². The van der Waals surface area contributed by atoms with Crippen LogP contribution in [0.5, 0.6) is 11.5 Å². The van der Waals surface area contributed by atoms with Gasteiger partial charge in [0, 0.05) is 25.4 Å². The van der Waals surface area contributed by atoms with Gasteiger partial charge in [0.25, 0.3) is 10.0 Å². The number of halogens is 6. The van der Waals surface area contributed by atoms with Gasteiger partial charge in [0.05, 0.1) is 41.1 Å². The summed E-state index contributed by atoms with van der Waals surface area (Å²) in [5, 5.41) is 9.11. The molecule has 1 N–H and O–H groups in total. The van der Waals surface area contributed by atoms with Crippen molar-refractivity contribution in [3.8, 4) is 11.5 Å². The minimum Gasteiger partial charge on any atom is -0.495 e. The molecule has 0 bridgehead atoms. The van der Waals surface area contributed by atoms with Gasteiger partial charge in [-0.2, -0.15) is 26.3 Å². The van der Waals surface area contributed by atoms with Gasteiger partial charge in [-0.05, 0) is 54.4 Å². The number of aliphatic carboxylic acids is 1. The molecule has 0 aromatic heterocycles. The lowest BCUT2D eigenvalue weighted by atomic mass is 9.89. The summed E-state index contributed by atoms with van der Waals surface area (Å²) in [6, 6.07) is 11.5. The van der Waals surface area contributed by atoms with Crippen molar-refractivity contribution in [1.29, 1.82) is 0 Å². The Bertz CT molecular complexity index is 1670. The van der Waals surface area contributed by atoms with E-state index >= 15 is 0 Å². The van der Waals surface area contributed by atoms with E-state index in [4.69, 9.17) is 14.6 Å². The van der Waals surface area contributed by atoms with E-state index in [1.165, 1.54) is 36.3 Å².